The fraction of sp³-hybridized carbons (Fsp3) is 0.308. The Morgan fingerprint density at radius 2 is 2.06 bits per heavy atom. The predicted octanol–water partition coefficient (Wildman–Crippen LogP) is 5.93. The predicted molar refractivity (Wildman–Crippen MR) is 145 cm³/mol. The van der Waals surface area contributed by atoms with Gasteiger partial charge in [-0.2, -0.15) is 0 Å². The van der Waals surface area contributed by atoms with Crippen LogP contribution in [0.1, 0.15) is 31.4 Å². The number of carbonyl (C=O) groups is 1. The van der Waals surface area contributed by atoms with E-state index >= 15 is 0 Å². The Bertz CT molecular complexity index is 1030. The Kier molecular flexibility index (Phi) is 9.66. The van der Waals surface area contributed by atoms with Crippen LogP contribution in [0.15, 0.2) is 71.1 Å². The molecule has 1 aromatic heterocycles. The van der Waals surface area contributed by atoms with Crippen LogP contribution in [0, 0.1) is 0 Å². The third-order valence-electron chi connectivity index (χ3n) is 5.32. The normalized spacial score (nSPS) is 14.1. The summed E-state index contributed by atoms with van der Waals surface area (Å²) in [4.78, 5) is 22.2. The molecule has 1 fully saturated rings. The zero-order valence-corrected chi connectivity index (χ0v) is 21.0. The van der Waals surface area contributed by atoms with Crippen LogP contribution in [0.25, 0.3) is 4.91 Å². The van der Waals surface area contributed by atoms with Crippen LogP contribution in [0.2, 0.25) is 0 Å². The number of nitrogens with zero attached hydrogens (tertiary/aromatic N) is 2. The molecule has 0 bridgehead atoms. The van der Waals surface area contributed by atoms with Crippen molar-refractivity contribution in [2.75, 3.05) is 36.4 Å². The number of allylic oxidation sites excluding steroid dienone is 1. The molecule has 0 aliphatic carbocycles. The summed E-state index contributed by atoms with van der Waals surface area (Å²) in [6, 6.07) is 8.39. The molecule has 0 saturated carbocycles. The van der Waals surface area contributed by atoms with Gasteiger partial charge in [0, 0.05) is 42.2 Å². The number of rotatable bonds is 10. The summed E-state index contributed by atoms with van der Waals surface area (Å²) in [6.45, 7) is 15.8. The molecule has 0 radical (unpaired) electrons. The third-order valence-corrected chi connectivity index (χ3v) is 7.19. The van der Waals surface area contributed by atoms with Gasteiger partial charge in [-0.25, -0.2) is 0 Å². The molecule has 1 aliphatic rings. The minimum absolute atomic E-state index is 0.207. The van der Waals surface area contributed by atoms with Gasteiger partial charge in [0.1, 0.15) is 0 Å². The summed E-state index contributed by atoms with van der Waals surface area (Å²) >= 11 is 3.05. The van der Waals surface area contributed by atoms with E-state index in [1.165, 1.54) is 22.2 Å². The standard InChI is InChI=1S/C26H32N4OS2/c1-5-8-25(21-9-10-24(32-7-3)20(6-2)17-21)33-19(4)26(31)29-22-18-28-12-11-23(22)30-15-13-27-14-16-30/h7-12,17-18,27H,3-6,13-16H2,1-2H3,(H,29,31)/b25-8-. The second-order valence-electron chi connectivity index (χ2n) is 7.55. The van der Waals surface area contributed by atoms with Crippen molar-refractivity contribution in [3.8, 4) is 0 Å². The monoisotopic (exact) mass is 480 g/mol. The second kappa shape index (κ2) is 12.7. The van der Waals surface area contributed by atoms with E-state index in [1.54, 1.807) is 24.2 Å². The van der Waals surface area contributed by atoms with Crippen LogP contribution < -0.4 is 15.5 Å². The zero-order valence-electron chi connectivity index (χ0n) is 19.4. The molecule has 1 saturated heterocycles. The van der Waals surface area contributed by atoms with Gasteiger partial charge in [-0.05, 0) is 47.6 Å². The summed E-state index contributed by atoms with van der Waals surface area (Å²) in [6.07, 6.45) is 7.43. The molecule has 3 rings (SSSR count). The second-order valence-corrected chi connectivity index (χ2v) is 9.69. The molecular weight excluding hydrogens is 448 g/mol. The lowest BCUT2D eigenvalue weighted by molar-refractivity contribution is -0.112. The molecule has 0 atom stereocenters. The molecule has 2 aromatic rings. The quantitative estimate of drug-likeness (QED) is 0.325. The van der Waals surface area contributed by atoms with E-state index in [0.717, 1.165) is 55.2 Å². The Hall–Kier alpha value is -2.48. The molecule has 2 N–H and O–H groups in total. The highest BCUT2D eigenvalue weighted by molar-refractivity contribution is 8.12. The molecule has 7 heteroatoms. The molecule has 1 aromatic carbocycles. The van der Waals surface area contributed by atoms with E-state index in [4.69, 9.17) is 0 Å². The smallest absolute Gasteiger partial charge is 0.261 e. The molecule has 1 amide bonds. The Labute approximate surface area is 205 Å². The number of amides is 1. The fourth-order valence-corrected chi connectivity index (χ4v) is 5.24. The van der Waals surface area contributed by atoms with Gasteiger partial charge < -0.3 is 15.5 Å². The van der Waals surface area contributed by atoms with Crippen molar-refractivity contribution >= 4 is 45.7 Å². The van der Waals surface area contributed by atoms with Crippen molar-refractivity contribution in [3.63, 3.8) is 0 Å². The minimum atomic E-state index is -0.207. The number of thioether (sulfide) groups is 2. The number of piperazine rings is 1. The van der Waals surface area contributed by atoms with Gasteiger partial charge in [0.15, 0.2) is 0 Å². The van der Waals surface area contributed by atoms with Crippen molar-refractivity contribution < 1.29 is 4.79 Å². The average Bonchev–Trinajstić information content (AvgIpc) is 2.85. The first-order valence-electron chi connectivity index (χ1n) is 11.3. The van der Waals surface area contributed by atoms with Crippen LogP contribution in [0.3, 0.4) is 0 Å². The van der Waals surface area contributed by atoms with Crippen molar-refractivity contribution in [2.45, 2.75) is 31.6 Å². The highest BCUT2D eigenvalue weighted by atomic mass is 32.2. The summed E-state index contributed by atoms with van der Waals surface area (Å²) in [5, 5.41) is 8.24. The number of hydrogen-bond donors (Lipinski definition) is 2. The number of anilines is 2. The van der Waals surface area contributed by atoms with Crippen LogP contribution in [0.5, 0.6) is 0 Å². The molecule has 1 aliphatic heterocycles. The number of aryl methyl sites for hydroxylation is 1. The number of hydrogen-bond acceptors (Lipinski definition) is 6. The third kappa shape index (κ3) is 6.76. The lowest BCUT2D eigenvalue weighted by atomic mass is 10.1. The zero-order chi connectivity index (χ0) is 23.6. The fourth-order valence-electron chi connectivity index (χ4n) is 3.65. The van der Waals surface area contributed by atoms with Crippen molar-refractivity contribution in [2.24, 2.45) is 0 Å². The van der Waals surface area contributed by atoms with E-state index in [0.29, 0.717) is 10.6 Å². The molecule has 5 nitrogen and oxygen atoms in total. The molecule has 2 heterocycles. The summed E-state index contributed by atoms with van der Waals surface area (Å²) in [5.74, 6) is -0.207. The minimum Gasteiger partial charge on any atom is -0.367 e. The molecule has 174 valence electrons. The van der Waals surface area contributed by atoms with Crippen LogP contribution in [-0.2, 0) is 11.2 Å². The van der Waals surface area contributed by atoms with E-state index in [9.17, 15) is 4.79 Å². The lowest BCUT2D eigenvalue weighted by Crippen LogP contribution is -2.43. The number of nitrogens with one attached hydrogen (secondary N) is 2. The van der Waals surface area contributed by atoms with E-state index in [-0.39, 0.29) is 5.91 Å². The van der Waals surface area contributed by atoms with Gasteiger partial charge in [-0.3, -0.25) is 9.78 Å². The van der Waals surface area contributed by atoms with Gasteiger partial charge in [0.2, 0.25) is 0 Å². The number of pyridine rings is 1. The Morgan fingerprint density at radius 1 is 1.27 bits per heavy atom. The summed E-state index contributed by atoms with van der Waals surface area (Å²) in [5.41, 5.74) is 4.08. The summed E-state index contributed by atoms with van der Waals surface area (Å²) < 4.78 is 0. The maximum absolute atomic E-state index is 13.0. The van der Waals surface area contributed by atoms with E-state index < -0.39 is 0 Å². The van der Waals surface area contributed by atoms with Crippen LogP contribution in [-0.4, -0.2) is 37.1 Å². The van der Waals surface area contributed by atoms with Gasteiger partial charge in [-0.15, -0.1) is 0 Å². The van der Waals surface area contributed by atoms with Gasteiger partial charge in [0.25, 0.3) is 5.91 Å². The van der Waals surface area contributed by atoms with Gasteiger partial charge in [0.05, 0.1) is 22.5 Å². The molecular formula is C26H32N4OS2. The largest absolute Gasteiger partial charge is 0.367 e. The molecule has 0 unspecified atom stereocenters. The van der Waals surface area contributed by atoms with Crippen molar-refractivity contribution in [1.82, 2.24) is 10.3 Å². The first-order chi connectivity index (χ1) is 16.1. The average molecular weight is 481 g/mol. The Balaban J connectivity index is 1.75. The SMILES string of the molecule is C=CSc1ccc(/C(=C/CC)SC(=C)C(=O)Nc2cnccc2N2CCNCC2)cc1CC. The maximum atomic E-state index is 13.0. The number of aromatic nitrogens is 1. The number of carbonyl (C=O) groups excluding carboxylic acids is 1. The van der Waals surface area contributed by atoms with Crippen molar-refractivity contribution in [3.05, 3.63) is 77.3 Å². The first kappa shape index (κ1) is 25.1. The van der Waals surface area contributed by atoms with Crippen molar-refractivity contribution in [1.29, 1.82) is 0 Å². The Morgan fingerprint density at radius 3 is 2.76 bits per heavy atom. The highest BCUT2D eigenvalue weighted by Gasteiger charge is 2.18. The van der Waals surface area contributed by atoms with Gasteiger partial charge in [-0.1, -0.05) is 62.7 Å². The van der Waals surface area contributed by atoms with E-state index in [1.807, 2.05) is 11.5 Å². The first-order valence-corrected chi connectivity index (χ1v) is 13.0. The van der Waals surface area contributed by atoms with Gasteiger partial charge >= 0.3 is 0 Å². The molecule has 33 heavy (non-hydrogen) atoms. The highest BCUT2D eigenvalue weighted by Crippen LogP contribution is 2.37. The van der Waals surface area contributed by atoms with Crippen LogP contribution in [0.4, 0.5) is 11.4 Å². The van der Waals surface area contributed by atoms with E-state index in [2.05, 4.69) is 71.8 Å². The molecule has 0 spiro atoms. The summed E-state index contributed by atoms with van der Waals surface area (Å²) in [7, 11) is 0. The van der Waals surface area contributed by atoms with Crippen LogP contribution >= 0.6 is 23.5 Å². The number of benzene rings is 1. The maximum Gasteiger partial charge on any atom is 0.261 e. The topological polar surface area (TPSA) is 57.3 Å². The lowest BCUT2D eigenvalue weighted by Gasteiger charge is -2.30.